The Kier molecular flexibility index (Phi) is 5.56. The number of halogens is 3. The van der Waals surface area contributed by atoms with E-state index in [1.807, 2.05) is 0 Å². The van der Waals surface area contributed by atoms with E-state index in [9.17, 15) is 26.4 Å². The number of hydrogen-bond donors (Lipinski definition) is 3. The quantitative estimate of drug-likeness (QED) is 0.575. The number of alkyl halides is 3. The second-order valence-corrected chi connectivity index (χ2v) is 8.45. The average molecular weight is 425 g/mol. The highest BCUT2D eigenvalue weighted by Crippen LogP contribution is 2.30. The number of anilines is 1. The summed E-state index contributed by atoms with van der Waals surface area (Å²) < 4.78 is 63.6. The van der Waals surface area contributed by atoms with Crippen molar-refractivity contribution in [3.05, 3.63) is 59.8 Å². The number of carbonyl (C=O) groups is 1. The molecule has 0 aliphatic rings. The number of aromatic nitrogens is 1. The van der Waals surface area contributed by atoms with Crippen molar-refractivity contribution in [2.24, 2.45) is 0 Å². The molecule has 6 nitrogen and oxygen atoms in total. The number of para-hydroxylation sites is 1. The fourth-order valence-corrected chi connectivity index (χ4v) is 4.61. The van der Waals surface area contributed by atoms with Crippen LogP contribution in [0.2, 0.25) is 0 Å². The molecule has 3 N–H and O–H groups in total. The summed E-state index contributed by atoms with van der Waals surface area (Å²) >= 11 is 0. The molecule has 1 aromatic heterocycles. The Labute approximate surface area is 165 Å². The normalized spacial score (nSPS) is 12.1. The van der Waals surface area contributed by atoms with Crippen molar-refractivity contribution in [1.29, 1.82) is 0 Å². The lowest BCUT2D eigenvalue weighted by molar-refractivity contribution is -0.137. The average Bonchev–Trinajstić information content (AvgIpc) is 2.97. The first-order chi connectivity index (χ1) is 13.6. The molecular weight excluding hydrogens is 407 g/mol. The molecule has 0 aliphatic heterocycles. The Morgan fingerprint density at radius 3 is 2.55 bits per heavy atom. The van der Waals surface area contributed by atoms with Gasteiger partial charge < -0.3 is 15.6 Å². The number of sulfone groups is 1. The molecule has 0 bridgehead atoms. The molecule has 29 heavy (non-hydrogen) atoms. The molecule has 1 heterocycles. The molecule has 0 fully saturated rings. The van der Waals surface area contributed by atoms with Gasteiger partial charge in [0.05, 0.1) is 16.2 Å². The highest BCUT2D eigenvalue weighted by molar-refractivity contribution is 7.91. The maximum absolute atomic E-state index is 12.7. The minimum absolute atomic E-state index is 0.0485. The summed E-state index contributed by atoms with van der Waals surface area (Å²) in [6.45, 7) is 1.45. The lowest BCUT2D eigenvalue weighted by atomic mass is 10.2. The van der Waals surface area contributed by atoms with E-state index in [0.717, 1.165) is 12.1 Å². The summed E-state index contributed by atoms with van der Waals surface area (Å²) in [4.78, 5) is 15.1. The van der Waals surface area contributed by atoms with Crippen molar-refractivity contribution in [2.75, 3.05) is 17.6 Å². The zero-order valence-electron chi connectivity index (χ0n) is 15.3. The van der Waals surface area contributed by atoms with Gasteiger partial charge in [-0.25, -0.2) is 13.2 Å². The number of carbonyl (C=O) groups excluding carboxylic acids is 1. The van der Waals surface area contributed by atoms with E-state index in [4.69, 9.17) is 0 Å². The minimum Gasteiger partial charge on any atom is -0.358 e. The third-order valence-electron chi connectivity index (χ3n) is 4.25. The van der Waals surface area contributed by atoms with Crippen molar-refractivity contribution >= 4 is 32.5 Å². The minimum atomic E-state index is -4.53. The molecular formula is C19H18F3N3O3S. The van der Waals surface area contributed by atoms with Crippen molar-refractivity contribution in [1.82, 2.24) is 10.3 Å². The van der Waals surface area contributed by atoms with Gasteiger partial charge in [0.2, 0.25) is 0 Å². The summed E-state index contributed by atoms with van der Waals surface area (Å²) in [5.41, 5.74) is 0.249. The second-order valence-electron chi connectivity index (χ2n) is 6.40. The fourth-order valence-electron chi connectivity index (χ4n) is 3.00. The van der Waals surface area contributed by atoms with Crippen LogP contribution < -0.4 is 10.6 Å². The molecule has 0 saturated carbocycles. The Bertz CT molecular complexity index is 1150. The van der Waals surface area contributed by atoms with Gasteiger partial charge in [-0.15, -0.1) is 0 Å². The number of benzene rings is 2. The van der Waals surface area contributed by atoms with E-state index >= 15 is 0 Å². The summed E-state index contributed by atoms with van der Waals surface area (Å²) in [7, 11) is -3.69. The van der Waals surface area contributed by atoms with Gasteiger partial charge in [-0.2, -0.15) is 13.2 Å². The zero-order chi connectivity index (χ0) is 21.2. The molecule has 0 aliphatic carbocycles. The molecule has 0 radical (unpaired) electrons. The van der Waals surface area contributed by atoms with Crippen LogP contribution in [0.3, 0.4) is 0 Å². The molecule has 10 heteroatoms. The number of rotatable bonds is 5. The highest BCUT2D eigenvalue weighted by atomic mass is 32.2. The molecule has 3 aromatic rings. The van der Waals surface area contributed by atoms with Crippen LogP contribution >= 0.6 is 0 Å². The Balaban J connectivity index is 1.63. The van der Waals surface area contributed by atoms with E-state index < -0.39 is 27.6 Å². The standard InChI is InChI=1S/C19H18F3N3O3S/c1-12-17(15-7-2-3-8-16(15)24-12)29(27,28)10-9-23-18(26)25-14-6-4-5-13(11-14)19(20,21)22/h2-8,11,24H,9-10H2,1H3,(H2,23,25,26). The maximum Gasteiger partial charge on any atom is 0.416 e. The van der Waals surface area contributed by atoms with Gasteiger partial charge in [-0.05, 0) is 31.2 Å². The first-order valence-corrected chi connectivity index (χ1v) is 10.3. The van der Waals surface area contributed by atoms with Crippen LogP contribution in [-0.4, -0.2) is 31.7 Å². The molecule has 0 spiro atoms. The third-order valence-corrected chi connectivity index (χ3v) is 6.14. The molecule has 2 amide bonds. The number of nitrogens with one attached hydrogen (secondary N) is 3. The molecule has 2 aromatic carbocycles. The smallest absolute Gasteiger partial charge is 0.358 e. The monoisotopic (exact) mass is 425 g/mol. The van der Waals surface area contributed by atoms with Crippen LogP contribution in [0.5, 0.6) is 0 Å². The van der Waals surface area contributed by atoms with Crippen molar-refractivity contribution in [2.45, 2.75) is 18.0 Å². The summed E-state index contributed by atoms with van der Waals surface area (Å²) in [6.07, 6.45) is -4.53. The zero-order valence-corrected chi connectivity index (χ0v) is 16.1. The van der Waals surface area contributed by atoms with Gasteiger partial charge in [-0.1, -0.05) is 24.3 Å². The van der Waals surface area contributed by atoms with Gasteiger partial charge in [0.25, 0.3) is 0 Å². The van der Waals surface area contributed by atoms with E-state index in [1.165, 1.54) is 12.1 Å². The van der Waals surface area contributed by atoms with Crippen molar-refractivity contribution < 1.29 is 26.4 Å². The van der Waals surface area contributed by atoms with Crippen LogP contribution in [0.1, 0.15) is 11.3 Å². The van der Waals surface area contributed by atoms with Crippen LogP contribution in [0.4, 0.5) is 23.7 Å². The number of hydrogen-bond acceptors (Lipinski definition) is 3. The molecule has 3 rings (SSSR count). The predicted octanol–water partition coefficient (Wildman–Crippen LogP) is 4.09. The maximum atomic E-state index is 12.7. The van der Waals surface area contributed by atoms with Crippen LogP contribution in [0, 0.1) is 6.92 Å². The van der Waals surface area contributed by atoms with Gasteiger partial charge in [0.1, 0.15) is 0 Å². The largest absolute Gasteiger partial charge is 0.416 e. The Hall–Kier alpha value is -3.01. The third kappa shape index (κ3) is 4.70. The van der Waals surface area contributed by atoms with Crippen molar-refractivity contribution in [3.8, 4) is 0 Å². The lowest BCUT2D eigenvalue weighted by Gasteiger charge is -2.11. The second kappa shape index (κ2) is 7.78. The molecule has 154 valence electrons. The van der Waals surface area contributed by atoms with Crippen molar-refractivity contribution in [3.63, 3.8) is 0 Å². The number of urea groups is 1. The first-order valence-electron chi connectivity index (χ1n) is 8.60. The summed E-state index contributed by atoms with van der Waals surface area (Å²) in [5.74, 6) is -0.355. The van der Waals surface area contributed by atoms with Gasteiger partial charge in [-0.3, -0.25) is 0 Å². The fraction of sp³-hybridized carbons (Fsp3) is 0.211. The topological polar surface area (TPSA) is 91.1 Å². The first kappa shape index (κ1) is 20.7. The van der Waals surface area contributed by atoms with Crippen LogP contribution in [0.25, 0.3) is 10.9 Å². The van der Waals surface area contributed by atoms with Gasteiger partial charge in [0, 0.05) is 28.8 Å². The molecule has 0 saturated heterocycles. The van der Waals surface area contributed by atoms with Crippen LogP contribution in [0.15, 0.2) is 53.4 Å². The van der Waals surface area contributed by atoms with E-state index in [2.05, 4.69) is 15.6 Å². The van der Waals surface area contributed by atoms with Gasteiger partial charge >= 0.3 is 12.2 Å². The van der Waals surface area contributed by atoms with Gasteiger partial charge in [0.15, 0.2) is 9.84 Å². The van der Waals surface area contributed by atoms with E-state index in [-0.39, 0.29) is 22.9 Å². The number of H-pyrrole nitrogens is 1. The summed E-state index contributed by atoms with van der Waals surface area (Å²) in [5, 5.41) is 5.19. The Morgan fingerprint density at radius 1 is 1.10 bits per heavy atom. The highest BCUT2D eigenvalue weighted by Gasteiger charge is 2.30. The Morgan fingerprint density at radius 2 is 1.83 bits per heavy atom. The number of aromatic amines is 1. The number of aryl methyl sites for hydroxylation is 1. The summed E-state index contributed by atoms with van der Waals surface area (Å²) in [6, 6.07) is 10.3. The number of amides is 2. The predicted molar refractivity (Wildman–Crippen MR) is 104 cm³/mol. The molecule has 0 unspecified atom stereocenters. The lowest BCUT2D eigenvalue weighted by Crippen LogP contribution is -2.33. The number of fused-ring (bicyclic) bond motifs is 1. The SMILES string of the molecule is Cc1[nH]c2ccccc2c1S(=O)(=O)CCNC(=O)Nc1cccc(C(F)(F)F)c1. The van der Waals surface area contributed by atoms with Crippen LogP contribution in [-0.2, 0) is 16.0 Å². The molecule has 0 atom stereocenters. The van der Waals surface area contributed by atoms with E-state index in [1.54, 1.807) is 31.2 Å². The van der Waals surface area contributed by atoms with E-state index in [0.29, 0.717) is 16.6 Å².